The highest BCUT2D eigenvalue weighted by Gasteiger charge is 1.98. The molecule has 0 N–H and O–H groups in total. The number of hydrogen-bond donors (Lipinski definition) is 0. The maximum absolute atomic E-state index is 5.59. The second kappa shape index (κ2) is 4.07. The fourth-order valence-corrected chi connectivity index (χ4v) is 1.47. The third-order valence-corrected chi connectivity index (χ3v) is 2.52. The Labute approximate surface area is 95.1 Å². The molecule has 0 unspecified atom stereocenters. The highest BCUT2D eigenvalue weighted by atomic mass is 79.9. The van der Waals surface area contributed by atoms with E-state index in [1.54, 1.807) is 12.4 Å². The summed E-state index contributed by atoms with van der Waals surface area (Å²) in [6, 6.07) is 7.95. The molecule has 1 aromatic heterocycles. The Kier molecular flexibility index (Phi) is 2.79. The van der Waals surface area contributed by atoms with Gasteiger partial charge in [-0.05, 0) is 29.3 Å². The number of nitrogens with zero attached hydrogens (tertiary/aromatic N) is 2. The van der Waals surface area contributed by atoms with Crippen molar-refractivity contribution in [2.45, 2.75) is 0 Å². The van der Waals surface area contributed by atoms with Gasteiger partial charge in [0, 0.05) is 22.4 Å². The van der Waals surface area contributed by atoms with Gasteiger partial charge in [-0.2, -0.15) is 0 Å². The van der Waals surface area contributed by atoms with Crippen molar-refractivity contribution in [3.05, 3.63) is 46.4 Å². The Bertz CT molecular complexity index is 381. The molecule has 1 aromatic carbocycles. The van der Waals surface area contributed by atoms with Crippen LogP contribution in [0.15, 0.2) is 41.1 Å². The molecule has 1 heterocycles. The lowest BCUT2D eigenvalue weighted by atomic mass is 10.1. The van der Waals surface area contributed by atoms with Gasteiger partial charge in [-0.25, -0.2) is 9.97 Å². The minimum atomic E-state index is 0.269. The van der Waals surface area contributed by atoms with Gasteiger partial charge in [-0.3, -0.25) is 0 Å². The van der Waals surface area contributed by atoms with Crippen LogP contribution in [0, 0.1) is 0 Å². The van der Waals surface area contributed by atoms with E-state index in [0.29, 0.717) is 0 Å². The molecule has 70 valence electrons. The Morgan fingerprint density at radius 3 is 2.07 bits per heavy atom. The van der Waals surface area contributed by atoms with Crippen LogP contribution in [0.5, 0.6) is 0 Å². The number of halogens is 2. The molecule has 14 heavy (non-hydrogen) atoms. The van der Waals surface area contributed by atoms with E-state index < -0.39 is 0 Å². The summed E-state index contributed by atoms with van der Waals surface area (Å²) in [6.07, 6.45) is 3.41. The van der Waals surface area contributed by atoms with Crippen LogP contribution in [0.2, 0.25) is 5.28 Å². The third-order valence-electron chi connectivity index (χ3n) is 1.80. The molecule has 0 radical (unpaired) electrons. The lowest BCUT2D eigenvalue weighted by Gasteiger charge is -1.99. The van der Waals surface area contributed by atoms with Crippen molar-refractivity contribution in [3.63, 3.8) is 0 Å². The second-order valence-electron chi connectivity index (χ2n) is 2.75. The summed E-state index contributed by atoms with van der Waals surface area (Å²) in [7, 11) is 0. The van der Waals surface area contributed by atoms with Crippen molar-refractivity contribution < 1.29 is 0 Å². The first-order valence-electron chi connectivity index (χ1n) is 3.99. The van der Waals surface area contributed by atoms with E-state index in [9.17, 15) is 0 Å². The van der Waals surface area contributed by atoms with Crippen molar-refractivity contribution in [1.29, 1.82) is 0 Å². The molecule has 0 aliphatic heterocycles. The highest BCUT2D eigenvalue weighted by Crippen LogP contribution is 2.20. The van der Waals surface area contributed by atoms with Crippen molar-refractivity contribution in [3.8, 4) is 11.1 Å². The normalized spacial score (nSPS) is 10.1. The molecular weight excluding hydrogens is 263 g/mol. The van der Waals surface area contributed by atoms with Gasteiger partial charge in [0.15, 0.2) is 0 Å². The summed E-state index contributed by atoms with van der Waals surface area (Å²) in [4.78, 5) is 7.84. The number of rotatable bonds is 1. The van der Waals surface area contributed by atoms with Gasteiger partial charge in [-0.15, -0.1) is 0 Å². The molecule has 2 rings (SSSR count). The van der Waals surface area contributed by atoms with E-state index in [0.717, 1.165) is 15.6 Å². The van der Waals surface area contributed by atoms with E-state index in [4.69, 9.17) is 11.6 Å². The molecule has 0 fully saturated rings. The average molecular weight is 270 g/mol. The summed E-state index contributed by atoms with van der Waals surface area (Å²) >= 11 is 8.97. The second-order valence-corrected chi connectivity index (χ2v) is 4.00. The fraction of sp³-hybridized carbons (Fsp3) is 0. The molecule has 4 heteroatoms. The van der Waals surface area contributed by atoms with Crippen LogP contribution in [0.1, 0.15) is 0 Å². The molecule has 0 saturated heterocycles. The Balaban J connectivity index is 2.40. The molecule has 2 aromatic rings. The monoisotopic (exact) mass is 268 g/mol. The number of hydrogen-bond acceptors (Lipinski definition) is 2. The van der Waals surface area contributed by atoms with Crippen LogP contribution in [0.3, 0.4) is 0 Å². The van der Waals surface area contributed by atoms with E-state index in [1.165, 1.54) is 0 Å². The van der Waals surface area contributed by atoms with Crippen molar-refractivity contribution >= 4 is 27.5 Å². The standard InChI is InChI=1S/C10H6BrClN2/c11-9-3-1-7(2-4-9)8-5-13-10(12)14-6-8/h1-6H. The predicted molar refractivity (Wildman–Crippen MR) is 60.2 cm³/mol. The predicted octanol–water partition coefficient (Wildman–Crippen LogP) is 3.56. The van der Waals surface area contributed by atoms with Crippen LogP contribution < -0.4 is 0 Å². The van der Waals surface area contributed by atoms with Crippen LogP contribution >= 0.6 is 27.5 Å². The average Bonchev–Trinajstić information content (AvgIpc) is 2.21. The maximum atomic E-state index is 5.59. The van der Waals surface area contributed by atoms with Crippen LogP contribution in [-0.2, 0) is 0 Å². The number of aromatic nitrogens is 2. The zero-order valence-electron chi connectivity index (χ0n) is 7.11. The minimum absolute atomic E-state index is 0.269. The maximum Gasteiger partial charge on any atom is 0.222 e. The Hall–Kier alpha value is -0.930. The first-order chi connectivity index (χ1) is 6.75. The minimum Gasteiger partial charge on any atom is -0.226 e. The lowest BCUT2D eigenvalue weighted by Crippen LogP contribution is -1.83. The summed E-state index contributed by atoms with van der Waals surface area (Å²) < 4.78 is 1.05. The van der Waals surface area contributed by atoms with E-state index >= 15 is 0 Å². The largest absolute Gasteiger partial charge is 0.226 e. The quantitative estimate of drug-likeness (QED) is 0.740. The summed E-state index contributed by atoms with van der Waals surface area (Å²) in [5.41, 5.74) is 2.03. The summed E-state index contributed by atoms with van der Waals surface area (Å²) in [5.74, 6) is 0. The van der Waals surface area contributed by atoms with Gasteiger partial charge in [0.05, 0.1) is 0 Å². The molecule has 0 spiro atoms. The van der Waals surface area contributed by atoms with Crippen molar-refractivity contribution in [2.75, 3.05) is 0 Å². The molecule has 0 aliphatic rings. The Morgan fingerprint density at radius 2 is 1.50 bits per heavy atom. The topological polar surface area (TPSA) is 25.8 Å². The highest BCUT2D eigenvalue weighted by molar-refractivity contribution is 9.10. The smallest absolute Gasteiger partial charge is 0.222 e. The molecule has 0 atom stereocenters. The van der Waals surface area contributed by atoms with Crippen molar-refractivity contribution in [2.24, 2.45) is 0 Å². The van der Waals surface area contributed by atoms with Crippen LogP contribution in [-0.4, -0.2) is 9.97 Å². The number of benzene rings is 1. The van der Waals surface area contributed by atoms with Crippen LogP contribution in [0.4, 0.5) is 0 Å². The summed E-state index contributed by atoms with van der Waals surface area (Å²) in [6.45, 7) is 0. The zero-order chi connectivity index (χ0) is 9.97. The Morgan fingerprint density at radius 1 is 0.929 bits per heavy atom. The van der Waals surface area contributed by atoms with Gasteiger partial charge in [0.25, 0.3) is 0 Å². The van der Waals surface area contributed by atoms with E-state index in [-0.39, 0.29) is 5.28 Å². The molecule has 0 aliphatic carbocycles. The van der Waals surface area contributed by atoms with Gasteiger partial charge in [-0.1, -0.05) is 28.1 Å². The van der Waals surface area contributed by atoms with E-state index in [2.05, 4.69) is 25.9 Å². The molecular formula is C10H6BrClN2. The molecule has 0 amide bonds. The van der Waals surface area contributed by atoms with Gasteiger partial charge >= 0.3 is 0 Å². The molecule has 0 saturated carbocycles. The zero-order valence-corrected chi connectivity index (χ0v) is 9.46. The van der Waals surface area contributed by atoms with Gasteiger partial charge < -0.3 is 0 Å². The third kappa shape index (κ3) is 2.11. The van der Waals surface area contributed by atoms with E-state index in [1.807, 2.05) is 24.3 Å². The first-order valence-corrected chi connectivity index (χ1v) is 5.16. The summed E-state index contributed by atoms with van der Waals surface area (Å²) in [5, 5.41) is 0.269. The molecule has 0 bridgehead atoms. The van der Waals surface area contributed by atoms with Crippen molar-refractivity contribution in [1.82, 2.24) is 9.97 Å². The first kappa shape index (κ1) is 9.62. The van der Waals surface area contributed by atoms with Gasteiger partial charge in [0.2, 0.25) is 5.28 Å². The van der Waals surface area contributed by atoms with Crippen LogP contribution in [0.25, 0.3) is 11.1 Å². The lowest BCUT2D eigenvalue weighted by molar-refractivity contribution is 1.17. The van der Waals surface area contributed by atoms with Gasteiger partial charge in [0.1, 0.15) is 0 Å². The fourth-order valence-electron chi connectivity index (χ4n) is 1.10. The molecule has 2 nitrogen and oxygen atoms in total. The SMILES string of the molecule is Clc1ncc(-c2ccc(Br)cc2)cn1.